The Bertz CT molecular complexity index is 881. The van der Waals surface area contributed by atoms with Gasteiger partial charge >= 0.3 is 11.8 Å². The minimum Gasteiger partial charge on any atom is -0.379 e. The quantitative estimate of drug-likeness (QED) is 0.422. The zero-order valence-corrected chi connectivity index (χ0v) is 16.7. The van der Waals surface area contributed by atoms with Gasteiger partial charge in [0, 0.05) is 37.5 Å². The van der Waals surface area contributed by atoms with Gasteiger partial charge in [0.05, 0.1) is 24.2 Å². The fourth-order valence-electron chi connectivity index (χ4n) is 3.16. The Morgan fingerprint density at radius 1 is 1.28 bits per heavy atom. The first-order valence-corrected chi connectivity index (χ1v) is 10.1. The standard InChI is InChI=1S/C19H22N4O5S/c1-13-10-15(23(26)27)2-3-16(13)21-19(25)18(24)20-11-17(14-4-9-29-12-14)22-5-7-28-8-6-22/h2-4,9-10,12,17H,5-8,11H2,1H3,(H,20,24)(H,21,25). The Hall–Kier alpha value is -2.82. The van der Waals surface area contributed by atoms with Gasteiger partial charge in [0.15, 0.2) is 0 Å². The summed E-state index contributed by atoms with van der Waals surface area (Å²) in [5.41, 5.74) is 1.88. The van der Waals surface area contributed by atoms with Gasteiger partial charge in [-0.2, -0.15) is 11.3 Å². The van der Waals surface area contributed by atoms with E-state index >= 15 is 0 Å². The van der Waals surface area contributed by atoms with Crippen LogP contribution >= 0.6 is 11.3 Å². The van der Waals surface area contributed by atoms with Crippen molar-refractivity contribution in [2.45, 2.75) is 13.0 Å². The molecular weight excluding hydrogens is 396 g/mol. The topological polar surface area (TPSA) is 114 Å². The lowest BCUT2D eigenvalue weighted by Gasteiger charge is -2.34. The third-order valence-corrected chi connectivity index (χ3v) is 5.45. The molecule has 1 unspecified atom stereocenters. The molecule has 1 saturated heterocycles. The summed E-state index contributed by atoms with van der Waals surface area (Å²) in [6.45, 7) is 4.70. The van der Waals surface area contributed by atoms with Crippen LogP contribution in [-0.2, 0) is 14.3 Å². The van der Waals surface area contributed by atoms with Crippen LogP contribution in [0.2, 0.25) is 0 Å². The molecule has 2 heterocycles. The van der Waals surface area contributed by atoms with E-state index in [-0.39, 0.29) is 11.7 Å². The fourth-order valence-corrected chi connectivity index (χ4v) is 3.87. The van der Waals surface area contributed by atoms with Crippen LogP contribution in [0.3, 0.4) is 0 Å². The molecule has 0 aliphatic carbocycles. The maximum Gasteiger partial charge on any atom is 0.313 e. The number of hydrogen-bond donors (Lipinski definition) is 2. The van der Waals surface area contributed by atoms with Crippen molar-refractivity contribution in [3.63, 3.8) is 0 Å². The Balaban J connectivity index is 1.61. The summed E-state index contributed by atoms with van der Waals surface area (Å²) in [5.74, 6) is -1.57. The van der Waals surface area contributed by atoms with Crippen LogP contribution in [0.15, 0.2) is 35.0 Å². The van der Waals surface area contributed by atoms with Crippen molar-refractivity contribution < 1.29 is 19.2 Å². The maximum atomic E-state index is 12.3. The molecule has 1 aromatic carbocycles. The van der Waals surface area contributed by atoms with Crippen molar-refractivity contribution in [2.24, 2.45) is 0 Å². The highest BCUT2D eigenvalue weighted by molar-refractivity contribution is 7.08. The third-order valence-electron chi connectivity index (χ3n) is 4.75. The van der Waals surface area contributed by atoms with Gasteiger partial charge in [-0.3, -0.25) is 24.6 Å². The normalized spacial score (nSPS) is 15.5. The molecule has 1 aliphatic heterocycles. The molecule has 9 nitrogen and oxygen atoms in total. The number of nitrogens with zero attached hydrogens (tertiary/aromatic N) is 2. The van der Waals surface area contributed by atoms with Crippen molar-refractivity contribution >= 4 is 34.5 Å². The summed E-state index contributed by atoms with van der Waals surface area (Å²) in [6.07, 6.45) is 0. The number of nitro benzene ring substituents is 1. The number of benzene rings is 1. The second kappa shape index (κ2) is 9.59. The van der Waals surface area contributed by atoms with Gasteiger partial charge in [-0.15, -0.1) is 0 Å². The van der Waals surface area contributed by atoms with Crippen LogP contribution < -0.4 is 10.6 Å². The Labute approximate surface area is 171 Å². The molecule has 1 fully saturated rings. The molecule has 1 aromatic heterocycles. The lowest BCUT2D eigenvalue weighted by Crippen LogP contribution is -2.45. The number of ether oxygens (including phenoxy) is 1. The van der Waals surface area contributed by atoms with Crippen molar-refractivity contribution in [1.29, 1.82) is 0 Å². The molecule has 29 heavy (non-hydrogen) atoms. The first-order chi connectivity index (χ1) is 14.0. The van der Waals surface area contributed by atoms with Gasteiger partial charge in [0.25, 0.3) is 5.69 Å². The predicted octanol–water partition coefficient (Wildman–Crippen LogP) is 2.09. The van der Waals surface area contributed by atoms with E-state index < -0.39 is 16.7 Å². The summed E-state index contributed by atoms with van der Waals surface area (Å²) in [5, 5.41) is 20.0. The first-order valence-electron chi connectivity index (χ1n) is 9.14. The largest absolute Gasteiger partial charge is 0.379 e. The molecule has 1 aliphatic rings. The lowest BCUT2D eigenvalue weighted by molar-refractivity contribution is -0.384. The van der Waals surface area contributed by atoms with E-state index in [9.17, 15) is 19.7 Å². The molecule has 1 atom stereocenters. The van der Waals surface area contributed by atoms with Crippen LogP contribution in [-0.4, -0.2) is 54.5 Å². The molecule has 154 valence electrons. The van der Waals surface area contributed by atoms with Crippen LogP contribution in [0.5, 0.6) is 0 Å². The van der Waals surface area contributed by atoms with Gasteiger partial charge in [-0.25, -0.2) is 0 Å². The number of rotatable bonds is 6. The fraction of sp³-hybridized carbons (Fsp3) is 0.368. The first kappa shape index (κ1) is 20.9. The van der Waals surface area contributed by atoms with Crippen LogP contribution in [0.4, 0.5) is 11.4 Å². The summed E-state index contributed by atoms with van der Waals surface area (Å²) in [4.78, 5) is 37.1. The molecular formula is C19H22N4O5S. The van der Waals surface area contributed by atoms with Crippen molar-refractivity contribution in [3.8, 4) is 0 Å². The van der Waals surface area contributed by atoms with Crippen LogP contribution in [0, 0.1) is 17.0 Å². The summed E-state index contributed by atoms with van der Waals surface area (Å²) in [7, 11) is 0. The molecule has 0 radical (unpaired) electrons. The van der Waals surface area contributed by atoms with Crippen molar-refractivity contribution in [1.82, 2.24) is 10.2 Å². The second-order valence-electron chi connectivity index (χ2n) is 6.64. The minimum atomic E-state index is -0.812. The molecule has 2 N–H and O–H groups in total. The average molecular weight is 418 g/mol. The number of amides is 2. The van der Waals surface area contributed by atoms with E-state index in [1.807, 2.05) is 16.8 Å². The highest BCUT2D eigenvalue weighted by Gasteiger charge is 2.25. The van der Waals surface area contributed by atoms with Crippen LogP contribution in [0.25, 0.3) is 0 Å². The number of aryl methyl sites for hydroxylation is 1. The smallest absolute Gasteiger partial charge is 0.313 e. The number of thiophene rings is 1. The zero-order valence-electron chi connectivity index (χ0n) is 15.9. The Morgan fingerprint density at radius 3 is 2.66 bits per heavy atom. The van der Waals surface area contributed by atoms with Crippen molar-refractivity contribution in [3.05, 3.63) is 56.3 Å². The third kappa shape index (κ3) is 5.37. The molecule has 0 saturated carbocycles. The van der Waals surface area contributed by atoms with E-state index in [0.717, 1.165) is 18.7 Å². The zero-order chi connectivity index (χ0) is 20.8. The number of carbonyl (C=O) groups excluding carboxylic acids is 2. The van der Waals surface area contributed by atoms with E-state index in [0.29, 0.717) is 31.0 Å². The maximum absolute atomic E-state index is 12.3. The second-order valence-corrected chi connectivity index (χ2v) is 7.42. The number of non-ortho nitro benzene ring substituents is 1. The molecule has 2 aromatic rings. The Kier molecular flexibility index (Phi) is 6.91. The summed E-state index contributed by atoms with van der Waals surface area (Å²) >= 11 is 1.58. The minimum absolute atomic E-state index is 0.0389. The molecule has 2 amide bonds. The number of nitrogens with one attached hydrogen (secondary N) is 2. The monoisotopic (exact) mass is 418 g/mol. The number of anilines is 1. The molecule has 0 spiro atoms. The highest BCUT2D eigenvalue weighted by Crippen LogP contribution is 2.24. The number of morpholine rings is 1. The van der Waals surface area contributed by atoms with E-state index in [2.05, 4.69) is 15.5 Å². The van der Waals surface area contributed by atoms with Gasteiger partial charge < -0.3 is 15.4 Å². The average Bonchev–Trinajstić information content (AvgIpc) is 3.24. The molecule has 0 bridgehead atoms. The van der Waals surface area contributed by atoms with Gasteiger partial charge in [-0.1, -0.05) is 0 Å². The van der Waals surface area contributed by atoms with E-state index in [1.54, 1.807) is 18.3 Å². The van der Waals surface area contributed by atoms with Gasteiger partial charge in [0.2, 0.25) is 0 Å². The molecule has 3 rings (SSSR count). The van der Waals surface area contributed by atoms with Crippen molar-refractivity contribution in [2.75, 3.05) is 38.2 Å². The van der Waals surface area contributed by atoms with E-state index in [4.69, 9.17) is 4.74 Å². The van der Waals surface area contributed by atoms with Gasteiger partial charge in [-0.05, 0) is 40.9 Å². The number of carbonyl (C=O) groups is 2. The summed E-state index contributed by atoms with van der Waals surface area (Å²) < 4.78 is 5.40. The summed E-state index contributed by atoms with van der Waals surface area (Å²) in [6, 6.07) is 6.02. The number of hydrogen-bond acceptors (Lipinski definition) is 7. The van der Waals surface area contributed by atoms with Gasteiger partial charge in [0.1, 0.15) is 0 Å². The predicted molar refractivity (Wildman–Crippen MR) is 109 cm³/mol. The SMILES string of the molecule is Cc1cc([N+](=O)[O-])ccc1NC(=O)C(=O)NCC(c1ccsc1)N1CCOCC1. The number of nitro groups is 1. The Morgan fingerprint density at radius 2 is 2.03 bits per heavy atom. The highest BCUT2D eigenvalue weighted by atomic mass is 32.1. The van der Waals surface area contributed by atoms with Crippen LogP contribution in [0.1, 0.15) is 17.2 Å². The van der Waals surface area contributed by atoms with E-state index in [1.165, 1.54) is 18.2 Å². The molecule has 10 heteroatoms. The lowest BCUT2D eigenvalue weighted by atomic mass is 10.1.